The zero-order valence-corrected chi connectivity index (χ0v) is 12.2. The van der Waals surface area contributed by atoms with Crippen molar-refractivity contribution in [2.24, 2.45) is 0 Å². The number of carbonyl (C=O) groups is 1. The zero-order chi connectivity index (χ0) is 15.7. The predicted octanol–water partition coefficient (Wildman–Crippen LogP) is 3.73. The van der Waals surface area contributed by atoms with Crippen molar-refractivity contribution >= 4 is 40.3 Å². The molecule has 0 spiro atoms. The molecule has 0 saturated heterocycles. The van der Waals surface area contributed by atoms with Crippen LogP contribution < -0.4 is 10.2 Å². The molecule has 0 aromatic heterocycles. The van der Waals surface area contributed by atoms with Crippen LogP contribution in [0.15, 0.2) is 42.5 Å². The normalized spacial score (nSPS) is 14.0. The minimum Gasteiger partial charge on any atom is -0.338 e. The van der Waals surface area contributed by atoms with Crippen molar-refractivity contribution in [1.82, 2.24) is 0 Å². The number of fused-ring (bicyclic) bond motifs is 1. The number of carbonyl (C=O) groups excluding carboxylic acids is 1. The van der Waals surface area contributed by atoms with Gasteiger partial charge in [0.25, 0.3) is 5.69 Å². The Hall–Kier alpha value is -2.60. The Bertz CT molecular complexity index is 763. The maximum absolute atomic E-state index is 11.8. The molecule has 0 fully saturated rings. The Morgan fingerprint density at radius 3 is 2.68 bits per heavy atom. The molecule has 0 atom stereocenters. The molecule has 1 N–H and O–H groups in total. The fourth-order valence-corrected chi connectivity index (χ4v) is 2.67. The van der Waals surface area contributed by atoms with E-state index in [0.717, 1.165) is 0 Å². The number of non-ortho nitro benzene ring substituents is 1. The molecular weight excluding hydrogens is 306 g/mol. The van der Waals surface area contributed by atoms with Crippen LogP contribution in [0.1, 0.15) is 6.42 Å². The first kappa shape index (κ1) is 14.3. The van der Waals surface area contributed by atoms with E-state index in [0.29, 0.717) is 28.6 Å². The molecule has 0 unspecified atom stereocenters. The van der Waals surface area contributed by atoms with Gasteiger partial charge < -0.3 is 10.2 Å². The van der Waals surface area contributed by atoms with Gasteiger partial charge in [-0.05, 0) is 18.2 Å². The third kappa shape index (κ3) is 2.60. The lowest BCUT2D eigenvalue weighted by atomic mass is 10.2. The van der Waals surface area contributed by atoms with Gasteiger partial charge in [-0.1, -0.05) is 23.7 Å². The highest BCUT2D eigenvalue weighted by molar-refractivity contribution is 6.33. The summed E-state index contributed by atoms with van der Waals surface area (Å²) in [5.41, 5.74) is 1.77. The SMILES string of the molecule is O=C1CCN(c2ccccc2Cl)c2cc([N+](=O)[O-])ccc2N1. The second-order valence-electron chi connectivity index (χ2n) is 4.86. The number of rotatable bonds is 2. The van der Waals surface area contributed by atoms with E-state index in [1.807, 2.05) is 17.0 Å². The molecule has 112 valence electrons. The summed E-state index contributed by atoms with van der Waals surface area (Å²) >= 11 is 6.24. The van der Waals surface area contributed by atoms with E-state index < -0.39 is 4.92 Å². The number of nitrogens with zero attached hydrogens (tertiary/aromatic N) is 2. The van der Waals surface area contributed by atoms with Gasteiger partial charge in [0.2, 0.25) is 5.91 Å². The van der Waals surface area contributed by atoms with E-state index >= 15 is 0 Å². The molecule has 1 heterocycles. The molecule has 0 bridgehead atoms. The van der Waals surface area contributed by atoms with Gasteiger partial charge in [-0.3, -0.25) is 14.9 Å². The lowest BCUT2D eigenvalue weighted by Crippen LogP contribution is -2.19. The van der Waals surface area contributed by atoms with E-state index in [2.05, 4.69) is 5.32 Å². The lowest BCUT2D eigenvalue weighted by Gasteiger charge is -2.25. The first-order valence-corrected chi connectivity index (χ1v) is 7.04. The van der Waals surface area contributed by atoms with Crippen LogP contribution in [0.2, 0.25) is 5.02 Å². The first-order chi connectivity index (χ1) is 10.6. The largest absolute Gasteiger partial charge is 0.338 e. The molecule has 1 aliphatic heterocycles. The number of amides is 1. The molecule has 6 nitrogen and oxygen atoms in total. The number of hydrogen-bond acceptors (Lipinski definition) is 4. The molecule has 2 aromatic rings. The van der Waals surface area contributed by atoms with Gasteiger partial charge in [0, 0.05) is 25.1 Å². The Balaban J connectivity index is 2.16. The van der Waals surface area contributed by atoms with Crippen molar-refractivity contribution in [3.8, 4) is 0 Å². The summed E-state index contributed by atoms with van der Waals surface area (Å²) in [5, 5.41) is 14.3. The van der Waals surface area contributed by atoms with Crippen molar-refractivity contribution in [1.29, 1.82) is 0 Å². The number of nitro groups is 1. The maximum atomic E-state index is 11.8. The molecule has 1 aliphatic rings. The number of nitrogens with one attached hydrogen (secondary N) is 1. The Labute approximate surface area is 131 Å². The van der Waals surface area contributed by atoms with Gasteiger partial charge in [0.1, 0.15) is 0 Å². The Kier molecular flexibility index (Phi) is 3.68. The summed E-state index contributed by atoms with van der Waals surface area (Å²) in [6, 6.07) is 11.6. The maximum Gasteiger partial charge on any atom is 0.271 e. The zero-order valence-electron chi connectivity index (χ0n) is 11.5. The van der Waals surface area contributed by atoms with Crippen molar-refractivity contribution in [3.63, 3.8) is 0 Å². The van der Waals surface area contributed by atoms with Crippen LogP contribution in [0.5, 0.6) is 0 Å². The monoisotopic (exact) mass is 317 g/mol. The smallest absolute Gasteiger partial charge is 0.271 e. The predicted molar refractivity (Wildman–Crippen MR) is 84.8 cm³/mol. The van der Waals surface area contributed by atoms with Crippen molar-refractivity contribution in [2.45, 2.75) is 6.42 Å². The number of halogens is 1. The number of benzene rings is 2. The van der Waals surface area contributed by atoms with E-state index in [1.165, 1.54) is 12.1 Å². The summed E-state index contributed by atoms with van der Waals surface area (Å²) in [5.74, 6) is -0.135. The second-order valence-corrected chi connectivity index (χ2v) is 5.27. The third-order valence-corrected chi connectivity index (χ3v) is 3.78. The van der Waals surface area contributed by atoms with Gasteiger partial charge in [-0.25, -0.2) is 0 Å². The molecular formula is C15H12ClN3O3. The van der Waals surface area contributed by atoms with E-state index in [1.54, 1.807) is 18.2 Å². The van der Waals surface area contributed by atoms with Crippen LogP contribution in [0, 0.1) is 10.1 Å². The minimum atomic E-state index is -0.461. The summed E-state index contributed by atoms with van der Waals surface area (Å²) < 4.78 is 0. The van der Waals surface area contributed by atoms with E-state index in [4.69, 9.17) is 11.6 Å². The topological polar surface area (TPSA) is 75.5 Å². The molecule has 3 rings (SSSR count). The molecule has 0 aliphatic carbocycles. The molecule has 2 aromatic carbocycles. The van der Waals surface area contributed by atoms with Gasteiger partial charge in [-0.2, -0.15) is 0 Å². The number of para-hydroxylation sites is 1. The van der Waals surface area contributed by atoms with Crippen LogP contribution in [0.3, 0.4) is 0 Å². The summed E-state index contributed by atoms with van der Waals surface area (Å²) in [6.45, 7) is 0.393. The summed E-state index contributed by atoms with van der Waals surface area (Å²) in [4.78, 5) is 24.2. The van der Waals surface area contributed by atoms with Gasteiger partial charge in [0.05, 0.1) is 27.0 Å². The second kappa shape index (κ2) is 5.65. The number of hydrogen-bond donors (Lipinski definition) is 1. The minimum absolute atomic E-state index is 0.0352. The average Bonchev–Trinajstić information content (AvgIpc) is 2.65. The molecule has 22 heavy (non-hydrogen) atoms. The molecule has 7 heteroatoms. The summed E-state index contributed by atoms with van der Waals surface area (Å²) in [7, 11) is 0. The molecule has 1 amide bonds. The van der Waals surface area contributed by atoms with Gasteiger partial charge in [0.15, 0.2) is 0 Å². The Morgan fingerprint density at radius 2 is 1.95 bits per heavy atom. The third-order valence-electron chi connectivity index (χ3n) is 3.46. The standard InChI is InChI=1S/C15H12ClN3O3/c16-11-3-1-2-4-13(11)18-8-7-15(20)17-12-6-5-10(19(21)22)9-14(12)18/h1-6,9H,7-8H2,(H,17,20). The highest BCUT2D eigenvalue weighted by atomic mass is 35.5. The Morgan fingerprint density at radius 1 is 1.18 bits per heavy atom. The highest BCUT2D eigenvalue weighted by Crippen LogP contribution is 2.39. The number of nitro benzene ring substituents is 1. The van der Waals surface area contributed by atoms with Crippen molar-refractivity contribution in [3.05, 3.63) is 57.6 Å². The van der Waals surface area contributed by atoms with Crippen LogP contribution in [0.4, 0.5) is 22.7 Å². The summed E-state index contributed by atoms with van der Waals surface area (Å²) in [6.07, 6.45) is 0.272. The van der Waals surface area contributed by atoms with Crippen molar-refractivity contribution < 1.29 is 9.72 Å². The van der Waals surface area contributed by atoms with E-state index in [-0.39, 0.29) is 18.0 Å². The van der Waals surface area contributed by atoms with Crippen molar-refractivity contribution in [2.75, 3.05) is 16.8 Å². The van der Waals surface area contributed by atoms with Crippen LogP contribution in [0.25, 0.3) is 0 Å². The molecule has 0 saturated carbocycles. The number of anilines is 3. The van der Waals surface area contributed by atoms with E-state index in [9.17, 15) is 14.9 Å². The fourth-order valence-electron chi connectivity index (χ4n) is 2.43. The van der Waals surface area contributed by atoms with Gasteiger partial charge >= 0.3 is 0 Å². The first-order valence-electron chi connectivity index (χ1n) is 6.66. The van der Waals surface area contributed by atoms with Crippen LogP contribution >= 0.6 is 11.6 Å². The average molecular weight is 318 g/mol. The van der Waals surface area contributed by atoms with Crippen LogP contribution in [-0.2, 0) is 4.79 Å². The van der Waals surface area contributed by atoms with Gasteiger partial charge in [-0.15, -0.1) is 0 Å². The lowest BCUT2D eigenvalue weighted by molar-refractivity contribution is -0.384. The van der Waals surface area contributed by atoms with Crippen LogP contribution in [-0.4, -0.2) is 17.4 Å². The highest BCUT2D eigenvalue weighted by Gasteiger charge is 2.24. The quantitative estimate of drug-likeness (QED) is 0.676. The molecule has 0 radical (unpaired) electrons. The fraction of sp³-hybridized carbons (Fsp3) is 0.133.